The van der Waals surface area contributed by atoms with Gasteiger partial charge in [-0.1, -0.05) is 55.5 Å². The lowest BCUT2D eigenvalue weighted by molar-refractivity contribution is 0.144. The first-order chi connectivity index (χ1) is 17.7. The number of H-pyrrole nitrogens is 1. The number of fused-ring (bicyclic) bond motifs is 1. The molecule has 0 aliphatic carbocycles. The number of benzene rings is 2. The topological polar surface area (TPSA) is 108 Å². The highest BCUT2D eigenvalue weighted by Crippen LogP contribution is 2.31. The summed E-state index contributed by atoms with van der Waals surface area (Å²) in [6.07, 6.45) is 0.798. The van der Waals surface area contributed by atoms with Gasteiger partial charge in [-0.25, -0.2) is 4.98 Å². The second-order valence-electron chi connectivity index (χ2n) is 8.09. The summed E-state index contributed by atoms with van der Waals surface area (Å²) in [6.45, 7) is 3.38. The van der Waals surface area contributed by atoms with E-state index in [-0.39, 0.29) is 12.4 Å². The summed E-state index contributed by atoms with van der Waals surface area (Å²) in [5.41, 5.74) is 6.43. The van der Waals surface area contributed by atoms with Gasteiger partial charge in [0, 0.05) is 30.5 Å². The van der Waals surface area contributed by atoms with Gasteiger partial charge in [-0.2, -0.15) is 5.21 Å². The molecule has 0 aliphatic rings. The number of nitrogens with zero attached hydrogens (tertiary/aromatic N) is 5. The van der Waals surface area contributed by atoms with Gasteiger partial charge in [0.15, 0.2) is 0 Å². The van der Waals surface area contributed by atoms with E-state index in [0.29, 0.717) is 42.8 Å². The Kier molecular flexibility index (Phi) is 8.60. The van der Waals surface area contributed by atoms with Crippen LogP contribution >= 0.6 is 12.4 Å². The molecule has 3 heterocycles. The standard InChI is InChI=1S/C27H26N6O3.ClH/c1-3-20-16-24(26-23(28-20)12-13-25(29-26)35-15-14-34-2)36-17-18-8-10-19(11-9-18)21-6-4-5-7-22(21)27-30-32-33-31-27;/h4-13,16H,3,14-15,17H2,1-2H3,(H,30,31,32,33);1H. The van der Waals surface area contributed by atoms with E-state index in [2.05, 4.69) is 61.8 Å². The molecule has 10 heteroatoms. The van der Waals surface area contributed by atoms with E-state index in [1.807, 2.05) is 42.5 Å². The first-order valence-corrected chi connectivity index (χ1v) is 11.7. The van der Waals surface area contributed by atoms with Crippen LogP contribution in [0.25, 0.3) is 33.5 Å². The highest BCUT2D eigenvalue weighted by atomic mass is 35.5. The molecule has 0 saturated heterocycles. The maximum Gasteiger partial charge on any atom is 0.214 e. The highest BCUT2D eigenvalue weighted by molar-refractivity contribution is 5.85. The summed E-state index contributed by atoms with van der Waals surface area (Å²) in [5, 5.41) is 14.4. The molecule has 0 spiro atoms. The molecule has 0 radical (unpaired) electrons. The normalized spacial score (nSPS) is 10.8. The Labute approximate surface area is 220 Å². The zero-order valence-corrected chi connectivity index (χ0v) is 21.4. The zero-order chi connectivity index (χ0) is 24.7. The Morgan fingerprint density at radius 2 is 1.68 bits per heavy atom. The van der Waals surface area contributed by atoms with Crippen LogP contribution in [0.5, 0.6) is 11.6 Å². The molecule has 9 nitrogen and oxygen atoms in total. The molecule has 0 unspecified atom stereocenters. The lowest BCUT2D eigenvalue weighted by atomic mass is 9.98. The molecule has 0 saturated carbocycles. The van der Waals surface area contributed by atoms with Crippen LogP contribution in [0, 0.1) is 0 Å². The smallest absolute Gasteiger partial charge is 0.214 e. The van der Waals surface area contributed by atoms with Crippen molar-refractivity contribution in [2.24, 2.45) is 0 Å². The highest BCUT2D eigenvalue weighted by Gasteiger charge is 2.12. The van der Waals surface area contributed by atoms with Crippen molar-refractivity contribution in [1.82, 2.24) is 30.6 Å². The maximum atomic E-state index is 6.24. The van der Waals surface area contributed by atoms with Gasteiger partial charge in [-0.05, 0) is 34.4 Å². The van der Waals surface area contributed by atoms with Crippen molar-refractivity contribution >= 4 is 23.4 Å². The van der Waals surface area contributed by atoms with E-state index in [1.54, 1.807) is 7.11 Å². The predicted octanol–water partition coefficient (Wildman–Crippen LogP) is 5.07. The second-order valence-corrected chi connectivity index (χ2v) is 8.09. The summed E-state index contributed by atoms with van der Waals surface area (Å²) in [6, 6.07) is 21.9. The van der Waals surface area contributed by atoms with Gasteiger partial charge in [-0.3, -0.25) is 4.98 Å². The van der Waals surface area contributed by atoms with Crippen molar-refractivity contribution in [3.05, 3.63) is 78.0 Å². The number of methoxy groups -OCH3 is 1. The maximum absolute atomic E-state index is 6.24. The van der Waals surface area contributed by atoms with Crippen LogP contribution in [0.2, 0.25) is 0 Å². The van der Waals surface area contributed by atoms with Crippen LogP contribution in [0.1, 0.15) is 18.2 Å². The first-order valence-electron chi connectivity index (χ1n) is 11.7. The van der Waals surface area contributed by atoms with Crippen molar-refractivity contribution in [2.45, 2.75) is 20.0 Å². The SMILES string of the molecule is CCc1cc(OCc2ccc(-c3ccccc3-c3nn[nH]n3)cc2)c2nc(OCCOC)ccc2n1.Cl. The summed E-state index contributed by atoms with van der Waals surface area (Å²) >= 11 is 0. The number of ether oxygens (including phenoxy) is 3. The Bertz CT molecular complexity index is 1450. The third-order valence-corrected chi connectivity index (χ3v) is 5.72. The average Bonchev–Trinajstić information content (AvgIpc) is 3.47. The molecule has 3 aromatic heterocycles. The van der Waals surface area contributed by atoms with E-state index in [9.17, 15) is 0 Å². The molecule has 0 aliphatic heterocycles. The number of aryl methyl sites for hydroxylation is 1. The van der Waals surface area contributed by atoms with Gasteiger partial charge < -0.3 is 14.2 Å². The van der Waals surface area contributed by atoms with Gasteiger partial charge >= 0.3 is 0 Å². The van der Waals surface area contributed by atoms with E-state index in [4.69, 9.17) is 14.2 Å². The van der Waals surface area contributed by atoms with Crippen molar-refractivity contribution in [3.8, 4) is 34.1 Å². The molecule has 37 heavy (non-hydrogen) atoms. The van der Waals surface area contributed by atoms with Gasteiger partial charge in [0.05, 0.1) is 12.1 Å². The van der Waals surface area contributed by atoms with Crippen LogP contribution in [-0.2, 0) is 17.8 Å². The van der Waals surface area contributed by atoms with Crippen LogP contribution in [0.4, 0.5) is 0 Å². The van der Waals surface area contributed by atoms with Crippen molar-refractivity contribution in [3.63, 3.8) is 0 Å². The van der Waals surface area contributed by atoms with Crippen LogP contribution in [0.3, 0.4) is 0 Å². The number of nitrogens with one attached hydrogen (secondary N) is 1. The fraction of sp³-hybridized carbons (Fsp3) is 0.222. The molecule has 0 bridgehead atoms. The molecule has 0 amide bonds. The summed E-state index contributed by atoms with van der Waals surface area (Å²) in [5.74, 6) is 1.76. The summed E-state index contributed by atoms with van der Waals surface area (Å²) in [7, 11) is 1.64. The molecule has 5 aromatic rings. The monoisotopic (exact) mass is 518 g/mol. The van der Waals surface area contributed by atoms with Crippen LogP contribution in [-0.4, -0.2) is 50.9 Å². The van der Waals surface area contributed by atoms with Crippen molar-refractivity contribution in [2.75, 3.05) is 20.3 Å². The largest absolute Gasteiger partial charge is 0.486 e. The minimum absolute atomic E-state index is 0. The Morgan fingerprint density at radius 3 is 2.41 bits per heavy atom. The fourth-order valence-corrected chi connectivity index (χ4v) is 3.86. The number of aromatic nitrogens is 6. The van der Waals surface area contributed by atoms with Gasteiger partial charge in [-0.15, -0.1) is 22.6 Å². The predicted molar refractivity (Wildman–Crippen MR) is 143 cm³/mol. The number of tetrazole rings is 1. The molecular formula is C27H27ClN6O3. The second kappa shape index (κ2) is 12.2. The van der Waals surface area contributed by atoms with E-state index >= 15 is 0 Å². The molecule has 2 aromatic carbocycles. The Morgan fingerprint density at radius 1 is 0.865 bits per heavy atom. The lowest BCUT2D eigenvalue weighted by Crippen LogP contribution is -2.06. The van der Waals surface area contributed by atoms with Crippen LogP contribution < -0.4 is 9.47 Å². The number of aromatic amines is 1. The number of halogens is 1. The molecule has 5 rings (SSSR count). The van der Waals surface area contributed by atoms with Crippen molar-refractivity contribution < 1.29 is 14.2 Å². The minimum atomic E-state index is 0. The van der Waals surface area contributed by atoms with Gasteiger partial charge in [0.2, 0.25) is 11.7 Å². The van der Waals surface area contributed by atoms with Gasteiger partial charge in [0.25, 0.3) is 0 Å². The Hall–Kier alpha value is -4.08. The molecular weight excluding hydrogens is 492 g/mol. The third kappa shape index (κ3) is 6.02. The summed E-state index contributed by atoms with van der Waals surface area (Å²) < 4.78 is 17.0. The number of hydrogen-bond acceptors (Lipinski definition) is 8. The molecule has 0 fully saturated rings. The number of hydrogen-bond donors (Lipinski definition) is 1. The minimum Gasteiger partial charge on any atom is -0.486 e. The average molecular weight is 519 g/mol. The van der Waals surface area contributed by atoms with E-state index in [1.165, 1.54) is 0 Å². The van der Waals surface area contributed by atoms with E-state index < -0.39 is 0 Å². The summed E-state index contributed by atoms with van der Waals surface area (Å²) in [4.78, 5) is 9.32. The number of rotatable bonds is 10. The fourth-order valence-electron chi connectivity index (χ4n) is 3.86. The number of pyridine rings is 2. The lowest BCUT2D eigenvalue weighted by Gasteiger charge is -2.12. The Balaban J connectivity index is 0.00000320. The molecule has 190 valence electrons. The van der Waals surface area contributed by atoms with Gasteiger partial charge in [0.1, 0.15) is 24.5 Å². The first kappa shape index (κ1) is 26.0. The zero-order valence-electron chi connectivity index (χ0n) is 20.5. The van der Waals surface area contributed by atoms with E-state index in [0.717, 1.165) is 39.9 Å². The van der Waals surface area contributed by atoms with Crippen LogP contribution in [0.15, 0.2) is 66.7 Å². The third-order valence-electron chi connectivity index (χ3n) is 5.72. The molecule has 1 N–H and O–H groups in total. The quantitative estimate of drug-likeness (QED) is 0.255. The van der Waals surface area contributed by atoms with Crippen molar-refractivity contribution in [1.29, 1.82) is 0 Å². The molecule has 0 atom stereocenters.